The number of ether oxygens (including phenoxy) is 4. The molecule has 32 heavy (non-hydrogen) atoms. The van der Waals surface area contributed by atoms with Crippen molar-refractivity contribution in [1.82, 2.24) is 4.90 Å². The van der Waals surface area contributed by atoms with Gasteiger partial charge in [0, 0.05) is 24.2 Å². The Hall–Kier alpha value is -3.13. The summed E-state index contributed by atoms with van der Waals surface area (Å²) in [6.45, 7) is 2.53. The Morgan fingerprint density at radius 2 is 1.69 bits per heavy atom. The zero-order valence-corrected chi connectivity index (χ0v) is 19.0. The van der Waals surface area contributed by atoms with Gasteiger partial charge in [-0.3, -0.25) is 4.79 Å². The normalized spacial score (nSPS) is 10.5. The molecule has 2 aromatic carbocycles. The van der Waals surface area contributed by atoms with Crippen LogP contribution in [0.5, 0.6) is 11.5 Å². The standard InChI is InChI=1S/C24H30FNO6/c1-17-21(29-2)14-19(15-22(17)30-3)24(28)26(11-12-32-16-23(27)31-4)10-6-8-18-7-5-9-20(25)13-18/h5,7,9,13-15H,6,8,10-12,16H2,1-4H3. The Labute approximate surface area is 188 Å². The van der Waals surface area contributed by atoms with Crippen LogP contribution in [-0.2, 0) is 20.7 Å². The zero-order valence-electron chi connectivity index (χ0n) is 19.0. The van der Waals surface area contributed by atoms with Gasteiger partial charge in [-0.2, -0.15) is 0 Å². The molecule has 0 N–H and O–H groups in total. The third-order valence-electron chi connectivity index (χ3n) is 5.02. The van der Waals surface area contributed by atoms with Crippen LogP contribution in [0.25, 0.3) is 0 Å². The number of hydrogen-bond donors (Lipinski definition) is 0. The van der Waals surface area contributed by atoms with Crippen LogP contribution in [0.4, 0.5) is 4.39 Å². The van der Waals surface area contributed by atoms with Crippen molar-refractivity contribution in [2.75, 3.05) is 47.6 Å². The minimum atomic E-state index is -0.484. The van der Waals surface area contributed by atoms with Gasteiger partial charge in [0.25, 0.3) is 5.91 Å². The minimum absolute atomic E-state index is 0.168. The smallest absolute Gasteiger partial charge is 0.331 e. The number of rotatable bonds is 12. The summed E-state index contributed by atoms with van der Waals surface area (Å²) >= 11 is 0. The van der Waals surface area contributed by atoms with E-state index in [2.05, 4.69) is 4.74 Å². The zero-order chi connectivity index (χ0) is 23.5. The van der Waals surface area contributed by atoms with Crippen LogP contribution in [0, 0.1) is 12.7 Å². The first-order chi connectivity index (χ1) is 15.4. The van der Waals surface area contributed by atoms with Crippen molar-refractivity contribution in [3.8, 4) is 11.5 Å². The Bertz CT molecular complexity index is 892. The molecule has 0 aromatic heterocycles. The first kappa shape index (κ1) is 25.1. The Kier molecular flexibility index (Phi) is 9.94. The molecule has 174 valence electrons. The lowest BCUT2D eigenvalue weighted by atomic mass is 10.1. The van der Waals surface area contributed by atoms with Gasteiger partial charge in [-0.25, -0.2) is 9.18 Å². The fourth-order valence-corrected chi connectivity index (χ4v) is 3.26. The first-order valence-corrected chi connectivity index (χ1v) is 10.3. The maximum Gasteiger partial charge on any atom is 0.331 e. The van der Waals surface area contributed by atoms with Crippen LogP contribution in [0.1, 0.15) is 27.9 Å². The molecule has 0 fully saturated rings. The molecule has 7 nitrogen and oxygen atoms in total. The van der Waals surface area contributed by atoms with E-state index in [-0.39, 0.29) is 31.5 Å². The number of methoxy groups -OCH3 is 3. The van der Waals surface area contributed by atoms with Gasteiger partial charge in [0.1, 0.15) is 23.9 Å². The van der Waals surface area contributed by atoms with Crippen LogP contribution >= 0.6 is 0 Å². The number of carbonyl (C=O) groups is 2. The summed E-state index contributed by atoms with van der Waals surface area (Å²) in [6, 6.07) is 9.76. The van der Waals surface area contributed by atoms with Crippen molar-refractivity contribution in [3.63, 3.8) is 0 Å². The molecule has 0 aliphatic rings. The van der Waals surface area contributed by atoms with Crippen LogP contribution in [0.15, 0.2) is 36.4 Å². The highest BCUT2D eigenvalue weighted by Crippen LogP contribution is 2.30. The fourth-order valence-electron chi connectivity index (χ4n) is 3.26. The molecule has 1 amide bonds. The summed E-state index contributed by atoms with van der Waals surface area (Å²) in [4.78, 5) is 26.2. The van der Waals surface area contributed by atoms with Crippen molar-refractivity contribution in [2.24, 2.45) is 0 Å². The van der Waals surface area contributed by atoms with Gasteiger partial charge in [-0.05, 0) is 49.6 Å². The third-order valence-corrected chi connectivity index (χ3v) is 5.02. The number of halogens is 1. The average molecular weight is 448 g/mol. The lowest BCUT2D eigenvalue weighted by Crippen LogP contribution is -2.35. The van der Waals surface area contributed by atoms with Crippen molar-refractivity contribution in [3.05, 3.63) is 58.9 Å². The van der Waals surface area contributed by atoms with E-state index in [4.69, 9.17) is 14.2 Å². The van der Waals surface area contributed by atoms with Crippen molar-refractivity contribution in [2.45, 2.75) is 19.8 Å². The molecule has 0 saturated carbocycles. The maximum absolute atomic E-state index is 13.4. The second-order valence-corrected chi connectivity index (χ2v) is 7.16. The topological polar surface area (TPSA) is 74.3 Å². The van der Waals surface area contributed by atoms with Crippen molar-refractivity contribution >= 4 is 11.9 Å². The van der Waals surface area contributed by atoms with E-state index in [0.29, 0.717) is 36.4 Å². The predicted octanol–water partition coefficient (Wildman–Crippen LogP) is 3.42. The molecule has 0 atom stereocenters. The predicted molar refractivity (Wildman–Crippen MR) is 118 cm³/mol. The molecule has 2 aromatic rings. The number of hydrogen-bond acceptors (Lipinski definition) is 6. The van der Waals surface area contributed by atoms with Crippen molar-refractivity contribution in [1.29, 1.82) is 0 Å². The molecule has 0 aliphatic carbocycles. The molecule has 2 rings (SSSR count). The van der Waals surface area contributed by atoms with E-state index in [1.807, 2.05) is 13.0 Å². The third kappa shape index (κ3) is 7.23. The second-order valence-electron chi connectivity index (χ2n) is 7.16. The lowest BCUT2D eigenvalue weighted by molar-refractivity contribution is -0.145. The highest BCUT2D eigenvalue weighted by molar-refractivity contribution is 5.95. The van der Waals surface area contributed by atoms with E-state index in [9.17, 15) is 14.0 Å². The molecule has 0 radical (unpaired) electrons. The van der Waals surface area contributed by atoms with Gasteiger partial charge in [-0.1, -0.05) is 12.1 Å². The highest BCUT2D eigenvalue weighted by Gasteiger charge is 2.19. The molecule has 0 saturated heterocycles. The Morgan fingerprint density at radius 3 is 2.28 bits per heavy atom. The monoisotopic (exact) mass is 447 g/mol. The number of aryl methyl sites for hydroxylation is 1. The van der Waals surface area contributed by atoms with Crippen LogP contribution in [0.2, 0.25) is 0 Å². The molecule has 0 spiro atoms. The maximum atomic E-state index is 13.4. The Morgan fingerprint density at radius 1 is 1.00 bits per heavy atom. The van der Waals surface area contributed by atoms with Gasteiger partial charge >= 0.3 is 5.97 Å². The number of nitrogens with zero attached hydrogens (tertiary/aromatic N) is 1. The fraction of sp³-hybridized carbons (Fsp3) is 0.417. The van der Waals surface area contributed by atoms with Crippen LogP contribution < -0.4 is 9.47 Å². The Balaban J connectivity index is 2.12. The molecule has 8 heteroatoms. The van der Waals surface area contributed by atoms with E-state index < -0.39 is 5.97 Å². The van der Waals surface area contributed by atoms with Crippen LogP contribution in [0.3, 0.4) is 0 Å². The van der Waals surface area contributed by atoms with Gasteiger partial charge in [0.05, 0.1) is 27.9 Å². The molecule has 0 bridgehead atoms. The average Bonchev–Trinajstić information content (AvgIpc) is 2.80. The quantitative estimate of drug-likeness (QED) is 0.367. The van der Waals surface area contributed by atoms with Gasteiger partial charge < -0.3 is 23.8 Å². The number of carbonyl (C=O) groups excluding carboxylic acids is 2. The second kappa shape index (κ2) is 12.7. The van der Waals surface area contributed by atoms with Crippen LogP contribution in [-0.4, -0.2) is 64.4 Å². The summed E-state index contributed by atoms with van der Waals surface area (Å²) < 4.78 is 34.1. The molecule has 0 heterocycles. The van der Waals surface area contributed by atoms with E-state index >= 15 is 0 Å². The number of benzene rings is 2. The molecular weight excluding hydrogens is 417 g/mol. The summed E-state index contributed by atoms with van der Waals surface area (Å²) in [6.07, 6.45) is 1.25. The summed E-state index contributed by atoms with van der Waals surface area (Å²) in [7, 11) is 4.35. The molecule has 0 unspecified atom stereocenters. The minimum Gasteiger partial charge on any atom is -0.496 e. The largest absolute Gasteiger partial charge is 0.496 e. The van der Waals surface area contributed by atoms with Gasteiger partial charge in [0.2, 0.25) is 0 Å². The summed E-state index contributed by atoms with van der Waals surface area (Å²) in [5.74, 6) is 0.110. The van der Waals surface area contributed by atoms with Gasteiger partial charge in [0.15, 0.2) is 0 Å². The number of esters is 1. The van der Waals surface area contributed by atoms with E-state index in [1.165, 1.54) is 33.5 Å². The van der Waals surface area contributed by atoms with Crippen molar-refractivity contribution < 1.29 is 32.9 Å². The molecular formula is C24H30FNO6. The van der Waals surface area contributed by atoms with Gasteiger partial charge in [-0.15, -0.1) is 0 Å². The van der Waals surface area contributed by atoms with E-state index in [0.717, 1.165) is 11.1 Å². The molecule has 0 aliphatic heterocycles. The summed E-state index contributed by atoms with van der Waals surface area (Å²) in [5, 5.41) is 0. The van der Waals surface area contributed by atoms with E-state index in [1.54, 1.807) is 23.1 Å². The summed E-state index contributed by atoms with van der Waals surface area (Å²) in [5.41, 5.74) is 2.08. The first-order valence-electron chi connectivity index (χ1n) is 10.3. The SMILES string of the molecule is COC(=O)COCCN(CCCc1cccc(F)c1)C(=O)c1cc(OC)c(C)c(OC)c1. The number of amides is 1. The highest BCUT2D eigenvalue weighted by atomic mass is 19.1. The lowest BCUT2D eigenvalue weighted by Gasteiger charge is -2.24.